The number of nitrogens with two attached hydrogens (primary N) is 1. The van der Waals surface area contributed by atoms with Gasteiger partial charge in [-0.05, 0) is 44.2 Å². The van der Waals surface area contributed by atoms with E-state index in [1.165, 1.54) is 24.8 Å². The molecule has 4 atom stereocenters. The van der Waals surface area contributed by atoms with E-state index in [0.29, 0.717) is 18.0 Å². The number of hydrogen-bond donors (Lipinski definition) is 1. The predicted octanol–water partition coefficient (Wildman–Crippen LogP) is 2.04. The summed E-state index contributed by atoms with van der Waals surface area (Å²) in [4.78, 5) is 2.58. The van der Waals surface area contributed by atoms with Crippen molar-refractivity contribution in [2.24, 2.45) is 11.7 Å². The standard InChI is InChI=1S/C15H22N2/c1-17-12-7-8-15(17)13(14(16)10-12)9-11-5-3-2-4-6-11/h2-6,12-15H,7-10,16H2,1H3. The molecule has 2 N–H and O–H groups in total. The van der Waals surface area contributed by atoms with Crippen LogP contribution in [-0.2, 0) is 6.42 Å². The monoisotopic (exact) mass is 230 g/mol. The van der Waals surface area contributed by atoms with Crippen molar-refractivity contribution in [1.82, 2.24) is 4.90 Å². The van der Waals surface area contributed by atoms with E-state index in [1.54, 1.807) is 0 Å². The van der Waals surface area contributed by atoms with Gasteiger partial charge in [0.1, 0.15) is 0 Å². The maximum absolute atomic E-state index is 6.38. The van der Waals surface area contributed by atoms with E-state index in [1.807, 2.05) is 0 Å². The van der Waals surface area contributed by atoms with E-state index < -0.39 is 0 Å². The van der Waals surface area contributed by atoms with Crippen LogP contribution in [0.5, 0.6) is 0 Å². The zero-order chi connectivity index (χ0) is 11.8. The smallest absolute Gasteiger partial charge is 0.0142 e. The van der Waals surface area contributed by atoms with Crippen LogP contribution in [0.25, 0.3) is 0 Å². The summed E-state index contributed by atoms with van der Waals surface area (Å²) in [6, 6.07) is 12.7. The van der Waals surface area contributed by atoms with Gasteiger partial charge in [-0.15, -0.1) is 0 Å². The second-order valence-corrected chi connectivity index (χ2v) is 5.72. The van der Waals surface area contributed by atoms with Gasteiger partial charge in [0.15, 0.2) is 0 Å². The first-order chi connectivity index (χ1) is 8.25. The summed E-state index contributed by atoms with van der Waals surface area (Å²) in [5, 5.41) is 0. The van der Waals surface area contributed by atoms with Crippen molar-refractivity contribution in [3.05, 3.63) is 35.9 Å². The summed E-state index contributed by atoms with van der Waals surface area (Å²) in [5.41, 5.74) is 7.82. The summed E-state index contributed by atoms with van der Waals surface area (Å²) in [6.45, 7) is 0. The predicted molar refractivity (Wildman–Crippen MR) is 70.8 cm³/mol. The van der Waals surface area contributed by atoms with Gasteiger partial charge in [-0.25, -0.2) is 0 Å². The van der Waals surface area contributed by atoms with Gasteiger partial charge in [0, 0.05) is 18.1 Å². The van der Waals surface area contributed by atoms with Crippen molar-refractivity contribution in [1.29, 1.82) is 0 Å². The summed E-state index contributed by atoms with van der Waals surface area (Å²) < 4.78 is 0. The number of fused-ring (bicyclic) bond motifs is 2. The molecule has 2 bridgehead atoms. The fourth-order valence-corrected chi connectivity index (χ4v) is 3.79. The third-order valence-corrected chi connectivity index (χ3v) is 4.80. The molecule has 4 unspecified atom stereocenters. The molecule has 0 aliphatic carbocycles. The molecule has 2 saturated heterocycles. The molecule has 3 rings (SSSR count). The molecule has 0 spiro atoms. The lowest BCUT2D eigenvalue weighted by Gasteiger charge is -2.41. The Hall–Kier alpha value is -0.860. The van der Waals surface area contributed by atoms with E-state index >= 15 is 0 Å². The van der Waals surface area contributed by atoms with Crippen LogP contribution in [0.3, 0.4) is 0 Å². The van der Waals surface area contributed by atoms with Crippen LogP contribution in [0.1, 0.15) is 24.8 Å². The van der Waals surface area contributed by atoms with Crippen molar-refractivity contribution < 1.29 is 0 Å². The zero-order valence-corrected chi connectivity index (χ0v) is 10.5. The maximum atomic E-state index is 6.38. The fraction of sp³-hybridized carbons (Fsp3) is 0.600. The summed E-state index contributed by atoms with van der Waals surface area (Å²) in [7, 11) is 2.28. The summed E-state index contributed by atoms with van der Waals surface area (Å²) >= 11 is 0. The fourth-order valence-electron chi connectivity index (χ4n) is 3.79. The minimum absolute atomic E-state index is 0.393. The Bertz CT molecular complexity index is 376. The molecular weight excluding hydrogens is 208 g/mol. The highest BCUT2D eigenvalue weighted by Crippen LogP contribution is 2.38. The third-order valence-electron chi connectivity index (χ3n) is 4.80. The molecule has 2 aliphatic rings. The zero-order valence-electron chi connectivity index (χ0n) is 10.5. The van der Waals surface area contributed by atoms with Crippen LogP contribution in [0.2, 0.25) is 0 Å². The van der Waals surface area contributed by atoms with E-state index in [9.17, 15) is 0 Å². The Kier molecular flexibility index (Phi) is 2.93. The molecule has 2 heteroatoms. The van der Waals surface area contributed by atoms with Gasteiger partial charge in [0.2, 0.25) is 0 Å². The molecule has 17 heavy (non-hydrogen) atoms. The van der Waals surface area contributed by atoms with Gasteiger partial charge in [-0.2, -0.15) is 0 Å². The lowest BCUT2D eigenvalue weighted by molar-refractivity contribution is 0.102. The molecule has 1 aromatic carbocycles. The molecule has 92 valence electrons. The molecule has 2 aliphatic heterocycles. The number of benzene rings is 1. The lowest BCUT2D eigenvalue weighted by atomic mass is 9.82. The van der Waals surface area contributed by atoms with Gasteiger partial charge >= 0.3 is 0 Å². The Morgan fingerprint density at radius 2 is 2.00 bits per heavy atom. The largest absolute Gasteiger partial charge is 0.327 e. The van der Waals surface area contributed by atoms with Gasteiger partial charge in [-0.1, -0.05) is 30.3 Å². The van der Waals surface area contributed by atoms with Gasteiger partial charge in [0.25, 0.3) is 0 Å². The first-order valence-corrected chi connectivity index (χ1v) is 6.77. The van der Waals surface area contributed by atoms with Crippen LogP contribution in [0.4, 0.5) is 0 Å². The molecule has 1 aromatic rings. The highest BCUT2D eigenvalue weighted by Gasteiger charge is 2.43. The van der Waals surface area contributed by atoms with E-state index in [2.05, 4.69) is 42.3 Å². The molecule has 2 heterocycles. The van der Waals surface area contributed by atoms with Gasteiger partial charge in [0.05, 0.1) is 0 Å². The molecule has 0 radical (unpaired) electrons. The van der Waals surface area contributed by atoms with E-state index in [0.717, 1.165) is 12.5 Å². The number of nitrogens with zero attached hydrogens (tertiary/aromatic N) is 1. The van der Waals surface area contributed by atoms with Crippen molar-refractivity contribution in [2.75, 3.05) is 7.05 Å². The summed E-state index contributed by atoms with van der Waals surface area (Å²) in [5.74, 6) is 0.640. The third kappa shape index (κ3) is 2.00. The van der Waals surface area contributed by atoms with Crippen LogP contribution in [0.15, 0.2) is 30.3 Å². The molecule has 0 aromatic heterocycles. The first kappa shape index (κ1) is 11.2. The van der Waals surface area contributed by atoms with Crippen molar-refractivity contribution in [3.63, 3.8) is 0 Å². The molecule has 2 fully saturated rings. The van der Waals surface area contributed by atoms with Gasteiger partial charge < -0.3 is 10.6 Å². The number of rotatable bonds is 2. The van der Waals surface area contributed by atoms with Crippen LogP contribution >= 0.6 is 0 Å². The van der Waals surface area contributed by atoms with Crippen molar-refractivity contribution in [2.45, 2.75) is 43.8 Å². The lowest BCUT2D eigenvalue weighted by Crippen LogP contribution is -2.52. The first-order valence-electron chi connectivity index (χ1n) is 6.77. The summed E-state index contributed by atoms with van der Waals surface area (Å²) in [6.07, 6.45) is 5.01. The van der Waals surface area contributed by atoms with Crippen LogP contribution in [-0.4, -0.2) is 30.1 Å². The average Bonchev–Trinajstić information content (AvgIpc) is 2.59. The second-order valence-electron chi connectivity index (χ2n) is 5.72. The average molecular weight is 230 g/mol. The Balaban J connectivity index is 1.77. The topological polar surface area (TPSA) is 29.3 Å². The minimum Gasteiger partial charge on any atom is -0.327 e. The van der Waals surface area contributed by atoms with Gasteiger partial charge in [-0.3, -0.25) is 0 Å². The molecule has 0 saturated carbocycles. The van der Waals surface area contributed by atoms with E-state index in [-0.39, 0.29) is 0 Å². The Labute approximate surface area is 104 Å². The molecule has 0 amide bonds. The highest BCUT2D eigenvalue weighted by atomic mass is 15.2. The second kappa shape index (κ2) is 4.43. The Morgan fingerprint density at radius 3 is 2.76 bits per heavy atom. The van der Waals surface area contributed by atoms with Crippen molar-refractivity contribution in [3.8, 4) is 0 Å². The number of hydrogen-bond acceptors (Lipinski definition) is 2. The van der Waals surface area contributed by atoms with Crippen molar-refractivity contribution >= 4 is 0 Å². The normalized spacial score (nSPS) is 37.3. The SMILES string of the molecule is CN1C2CCC1C(Cc1ccccc1)C(N)C2. The van der Waals surface area contributed by atoms with E-state index in [4.69, 9.17) is 5.73 Å². The van der Waals surface area contributed by atoms with Crippen LogP contribution < -0.4 is 5.73 Å². The molecular formula is C15H22N2. The number of piperidine rings is 1. The Morgan fingerprint density at radius 1 is 1.24 bits per heavy atom. The van der Waals surface area contributed by atoms with Crippen LogP contribution in [0, 0.1) is 5.92 Å². The maximum Gasteiger partial charge on any atom is 0.0142 e. The minimum atomic E-state index is 0.393. The quantitative estimate of drug-likeness (QED) is 0.842. The molecule has 2 nitrogen and oxygen atoms in total. The highest BCUT2D eigenvalue weighted by molar-refractivity contribution is 5.17.